The molecule has 0 aliphatic rings. The molecule has 0 heterocycles. The molecule has 0 amide bonds. The molecular weight excluding hydrogens is 238 g/mol. The molecule has 1 aromatic rings. The Morgan fingerprint density at radius 2 is 2.12 bits per heavy atom. The third-order valence-electron chi connectivity index (χ3n) is 2.77. The van der Waals surface area contributed by atoms with E-state index >= 15 is 0 Å². The van der Waals surface area contributed by atoms with Crippen LogP contribution in [0, 0.1) is 0 Å². The van der Waals surface area contributed by atoms with Crippen molar-refractivity contribution in [3.05, 3.63) is 29.8 Å². The van der Waals surface area contributed by atoms with Crippen LogP contribution in [0.5, 0.6) is 0 Å². The fourth-order valence-corrected chi connectivity index (χ4v) is 2.63. The van der Waals surface area contributed by atoms with Gasteiger partial charge in [0.2, 0.25) is 0 Å². The molecule has 0 bridgehead atoms. The molecule has 2 N–H and O–H groups in total. The van der Waals surface area contributed by atoms with Gasteiger partial charge in [-0.25, -0.2) is 8.42 Å². The van der Waals surface area contributed by atoms with E-state index in [2.05, 4.69) is 5.32 Å². The molecule has 5 heteroatoms. The lowest BCUT2D eigenvalue weighted by Crippen LogP contribution is -2.18. The van der Waals surface area contributed by atoms with Gasteiger partial charge in [0.15, 0.2) is 9.84 Å². The van der Waals surface area contributed by atoms with Crippen LogP contribution in [0.4, 0.5) is 0 Å². The van der Waals surface area contributed by atoms with Crippen molar-refractivity contribution in [1.29, 1.82) is 0 Å². The number of sulfone groups is 1. The van der Waals surface area contributed by atoms with Gasteiger partial charge in [-0.15, -0.1) is 0 Å². The molecule has 1 rings (SSSR count). The molecule has 4 nitrogen and oxygen atoms in total. The van der Waals surface area contributed by atoms with Gasteiger partial charge in [-0.1, -0.05) is 19.1 Å². The molecule has 0 radical (unpaired) electrons. The van der Waals surface area contributed by atoms with E-state index in [1.807, 2.05) is 6.07 Å². The number of rotatable bonds is 6. The van der Waals surface area contributed by atoms with E-state index in [1.54, 1.807) is 32.2 Å². The minimum Gasteiger partial charge on any atom is -0.396 e. The summed E-state index contributed by atoms with van der Waals surface area (Å²) in [5.74, 6) is 0.0979. The molecule has 0 saturated heterocycles. The topological polar surface area (TPSA) is 66.4 Å². The monoisotopic (exact) mass is 257 g/mol. The second kappa shape index (κ2) is 6.14. The molecule has 96 valence electrons. The third-order valence-corrected chi connectivity index (χ3v) is 4.50. The van der Waals surface area contributed by atoms with Crippen molar-refractivity contribution in [2.45, 2.75) is 24.3 Å². The first-order valence-electron chi connectivity index (χ1n) is 5.66. The Labute approximate surface area is 103 Å². The maximum atomic E-state index is 11.8. The van der Waals surface area contributed by atoms with Gasteiger partial charge in [-0.05, 0) is 31.2 Å². The lowest BCUT2D eigenvalue weighted by Gasteiger charge is -2.16. The lowest BCUT2D eigenvalue weighted by atomic mass is 10.0. The Hall–Kier alpha value is -0.910. The van der Waals surface area contributed by atoms with Crippen LogP contribution in [-0.2, 0) is 9.84 Å². The van der Waals surface area contributed by atoms with Crippen molar-refractivity contribution < 1.29 is 13.5 Å². The molecule has 1 aromatic carbocycles. The quantitative estimate of drug-likeness (QED) is 0.801. The predicted molar refractivity (Wildman–Crippen MR) is 67.7 cm³/mol. The van der Waals surface area contributed by atoms with Crippen LogP contribution in [0.25, 0.3) is 0 Å². The van der Waals surface area contributed by atoms with Gasteiger partial charge in [0.1, 0.15) is 0 Å². The summed E-state index contributed by atoms with van der Waals surface area (Å²) in [6, 6.07) is 6.86. The second-order valence-corrected chi connectivity index (χ2v) is 6.11. The van der Waals surface area contributed by atoms with Crippen LogP contribution < -0.4 is 5.32 Å². The maximum absolute atomic E-state index is 11.8. The Balaban J connectivity index is 3.08. The first-order chi connectivity index (χ1) is 8.05. The van der Waals surface area contributed by atoms with Crippen LogP contribution >= 0.6 is 0 Å². The van der Waals surface area contributed by atoms with Gasteiger partial charge in [0.25, 0.3) is 0 Å². The van der Waals surface area contributed by atoms with Crippen LogP contribution in [0.3, 0.4) is 0 Å². The van der Waals surface area contributed by atoms with Crippen LogP contribution in [-0.4, -0.2) is 32.9 Å². The van der Waals surface area contributed by atoms with E-state index < -0.39 is 9.84 Å². The highest BCUT2D eigenvalue weighted by molar-refractivity contribution is 7.91. The van der Waals surface area contributed by atoms with E-state index in [9.17, 15) is 8.42 Å². The number of benzene rings is 1. The highest BCUT2D eigenvalue weighted by Gasteiger charge is 2.14. The van der Waals surface area contributed by atoms with Gasteiger partial charge < -0.3 is 10.4 Å². The van der Waals surface area contributed by atoms with Crippen molar-refractivity contribution >= 4 is 9.84 Å². The van der Waals surface area contributed by atoms with Gasteiger partial charge in [0.05, 0.1) is 10.6 Å². The van der Waals surface area contributed by atoms with Gasteiger partial charge in [0, 0.05) is 12.6 Å². The van der Waals surface area contributed by atoms with E-state index in [1.165, 1.54) is 0 Å². The molecule has 1 atom stereocenters. The summed E-state index contributed by atoms with van der Waals surface area (Å²) in [6.45, 7) is 1.70. The van der Waals surface area contributed by atoms with Crippen molar-refractivity contribution in [2.24, 2.45) is 0 Å². The predicted octanol–water partition coefficient (Wildman–Crippen LogP) is 1.12. The van der Waals surface area contributed by atoms with Crippen molar-refractivity contribution in [3.63, 3.8) is 0 Å². The average Bonchev–Trinajstić information content (AvgIpc) is 2.36. The van der Waals surface area contributed by atoms with Crippen LogP contribution in [0.15, 0.2) is 29.2 Å². The molecule has 0 saturated carbocycles. The molecule has 17 heavy (non-hydrogen) atoms. The smallest absolute Gasteiger partial charge is 0.178 e. The highest BCUT2D eigenvalue weighted by atomic mass is 32.2. The largest absolute Gasteiger partial charge is 0.396 e. The molecular formula is C12H19NO3S. The number of hydrogen-bond acceptors (Lipinski definition) is 4. The zero-order chi connectivity index (χ0) is 12.9. The summed E-state index contributed by atoms with van der Waals surface area (Å²) in [5, 5.41) is 12.0. The van der Waals surface area contributed by atoms with Crippen LogP contribution in [0.2, 0.25) is 0 Å². The Morgan fingerprint density at radius 1 is 1.41 bits per heavy atom. The normalized spacial score (nSPS) is 13.6. The zero-order valence-corrected chi connectivity index (χ0v) is 11.0. The number of nitrogens with one attached hydrogen (secondary N) is 1. The number of aliphatic hydroxyl groups excluding tert-OH is 1. The second-order valence-electron chi connectivity index (χ2n) is 3.83. The molecule has 0 aliphatic carbocycles. The summed E-state index contributed by atoms with van der Waals surface area (Å²) in [4.78, 5) is 0.343. The van der Waals surface area contributed by atoms with E-state index in [0.717, 1.165) is 5.56 Å². The van der Waals surface area contributed by atoms with Crippen molar-refractivity contribution in [1.82, 2.24) is 5.32 Å². The summed E-state index contributed by atoms with van der Waals surface area (Å²) in [5.41, 5.74) is 0.885. The summed E-state index contributed by atoms with van der Waals surface area (Å²) < 4.78 is 23.5. The zero-order valence-electron chi connectivity index (χ0n) is 10.2. The number of aliphatic hydroxyl groups is 1. The summed E-state index contributed by atoms with van der Waals surface area (Å²) in [6.07, 6.45) is 0.562. The summed E-state index contributed by atoms with van der Waals surface area (Å²) >= 11 is 0. The fourth-order valence-electron chi connectivity index (χ4n) is 1.70. The Kier molecular flexibility index (Phi) is 5.11. The fraction of sp³-hybridized carbons (Fsp3) is 0.500. The first-order valence-corrected chi connectivity index (χ1v) is 7.31. The standard InChI is InChI=1S/C12H19NO3S/c1-3-17(15,16)11-6-4-5-10(9-11)12(13-2)7-8-14/h4-6,9,12-14H,3,7-8H2,1-2H3. The lowest BCUT2D eigenvalue weighted by molar-refractivity contribution is 0.268. The summed E-state index contributed by atoms with van der Waals surface area (Å²) in [7, 11) is -1.37. The highest BCUT2D eigenvalue weighted by Crippen LogP contribution is 2.20. The van der Waals surface area contributed by atoms with Gasteiger partial charge >= 0.3 is 0 Å². The molecule has 0 spiro atoms. The van der Waals surface area contributed by atoms with Crippen molar-refractivity contribution in [3.8, 4) is 0 Å². The van der Waals surface area contributed by atoms with E-state index in [-0.39, 0.29) is 18.4 Å². The first kappa shape index (κ1) is 14.2. The molecule has 0 fully saturated rings. The minimum atomic E-state index is -3.17. The minimum absolute atomic E-state index is 0.0213. The van der Waals surface area contributed by atoms with Gasteiger partial charge in [-0.3, -0.25) is 0 Å². The maximum Gasteiger partial charge on any atom is 0.178 e. The SMILES string of the molecule is CCS(=O)(=O)c1cccc(C(CCO)NC)c1. The Bertz CT molecular complexity index is 457. The van der Waals surface area contributed by atoms with Crippen LogP contribution in [0.1, 0.15) is 24.9 Å². The Morgan fingerprint density at radius 3 is 2.65 bits per heavy atom. The molecule has 0 aromatic heterocycles. The molecule has 1 unspecified atom stereocenters. The van der Waals surface area contributed by atoms with Gasteiger partial charge in [-0.2, -0.15) is 0 Å². The number of hydrogen-bond donors (Lipinski definition) is 2. The average molecular weight is 257 g/mol. The van der Waals surface area contributed by atoms with E-state index in [0.29, 0.717) is 11.3 Å². The van der Waals surface area contributed by atoms with E-state index in [4.69, 9.17) is 5.11 Å². The third kappa shape index (κ3) is 3.52. The van der Waals surface area contributed by atoms with Crippen molar-refractivity contribution in [2.75, 3.05) is 19.4 Å². The molecule has 0 aliphatic heterocycles.